The summed E-state index contributed by atoms with van der Waals surface area (Å²) in [5.74, 6) is -3.33. The van der Waals surface area contributed by atoms with Gasteiger partial charge in [-0.1, -0.05) is 11.6 Å². The van der Waals surface area contributed by atoms with Crippen molar-refractivity contribution in [2.24, 2.45) is 17.6 Å². The largest absolute Gasteiger partial charge is 0.370 e. The Balaban J connectivity index is 1.88. The Kier molecular flexibility index (Phi) is 4.29. The normalized spacial score (nSPS) is 30.7. The van der Waals surface area contributed by atoms with E-state index in [1.807, 2.05) is 0 Å². The number of primary amides is 1. The van der Waals surface area contributed by atoms with E-state index in [0.29, 0.717) is 16.3 Å². The third-order valence-electron chi connectivity index (χ3n) is 6.05. The van der Waals surface area contributed by atoms with Crippen LogP contribution < -0.4 is 16.4 Å². The van der Waals surface area contributed by atoms with Crippen molar-refractivity contribution < 1.29 is 19.2 Å². The third-order valence-corrected chi connectivity index (χ3v) is 6.28. The van der Waals surface area contributed by atoms with E-state index in [1.165, 1.54) is 4.90 Å². The summed E-state index contributed by atoms with van der Waals surface area (Å²) < 4.78 is 0. The number of carbonyl (C=O) groups excluding carboxylic acids is 4. The van der Waals surface area contributed by atoms with Crippen molar-refractivity contribution in [1.82, 2.24) is 10.2 Å². The monoisotopic (exact) mass is 418 g/mol. The highest BCUT2D eigenvalue weighted by atomic mass is 35.5. The molecule has 1 spiro atoms. The number of nitrogens with zero attached hydrogens (tertiary/aromatic N) is 1. The molecule has 0 aliphatic carbocycles. The quantitative estimate of drug-likeness (QED) is 0.635. The average molecular weight is 419 g/mol. The molecule has 0 radical (unpaired) electrons. The van der Waals surface area contributed by atoms with Crippen LogP contribution in [0.5, 0.6) is 0 Å². The van der Waals surface area contributed by atoms with Crippen molar-refractivity contribution in [3.8, 4) is 0 Å². The molecule has 4 atom stereocenters. The Bertz CT molecular complexity index is 956. The maximum atomic E-state index is 13.5. The summed E-state index contributed by atoms with van der Waals surface area (Å²) in [7, 11) is 0. The van der Waals surface area contributed by atoms with Crippen molar-refractivity contribution in [3.63, 3.8) is 0 Å². The summed E-state index contributed by atoms with van der Waals surface area (Å²) in [6.07, 6.45) is 0.288. The molecule has 2 fully saturated rings. The lowest BCUT2D eigenvalue weighted by Gasteiger charge is -2.34. The number of hydrogen-bond donors (Lipinski definition) is 3. The second kappa shape index (κ2) is 6.27. The van der Waals surface area contributed by atoms with Gasteiger partial charge in [-0.3, -0.25) is 29.4 Å². The smallest absolute Gasteiger partial charge is 0.250 e. The highest BCUT2D eigenvalue weighted by Gasteiger charge is 2.71. The van der Waals surface area contributed by atoms with Gasteiger partial charge in [-0.15, -0.1) is 0 Å². The van der Waals surface area contributed by atoms with Crippen LogP contribution in [0.2, 0.25) is 5.02 Å². The van der Waals surface area contributed by atoms with Crippen LogP contribution in [-0.2, 0) is 24.7 Å². The van der Waals surface area contributed by atoms with Gasteiger partial charge in [0.1, 0.15) is 5.54 Å². The van der Waals surface area contributed by atoms with Gasteiger partial charge in [0.25, 0.3) is 0 Å². The Labute approximate surface area is 173 Å². The van der Waals surface area contributed by atoms with E-state index in [4.69, 9.17) is 17.3 Å². The number of carbonyl (C=O) groups is 4. The minimum absolute atomic E-state index is 0.0397. The van der Waals surface area contributed by atoms with Gasteiger partial charge in [0.2, 0.25) is 23.6 Å². The molecule has 9 heteroatoms. The van der Waals surface area contributed by atoms with E-state index in [2.05, 4.69) is 10.6 Å². The fourth-order valence-electron chi connectivity index (χ4n) is 4.98. The molecule has 8 nitrogen and oxygen atoms in total. The third kappa shape index (κ3) is 2.69. The number of anilines is 1. The standard InChI is InChI=1S/C20H23ClN4O4/c1-19(2,3)25-16(27)14-12(6-7-13(22)26)24-20(15(14)17(25)28)10-8-9(21)4-5-11(10)23-18(20)29/h4-5,8,12,14-15,24H,6-7H2,1-3H3,(H2,22,26)(H,23,29)/t12-,14-,15+,20-/m1/s1. The lowest BCUT2D eigenvalue weighted by Crippen LogP contribution is -2.55. The lowest BCUT2D eigenvalue weighted by molar-refractivity contribution is -0.148. The molecule has 4 amide bonds. The Morgan fingerprint density at radius 3 is 2.55 bits per heavy atom. The van der Waals surface area contributed by atoms with Crippen molar-refractivity contribution in [1.29, 1.82) is 0 Å². The molecule has 154 valence electrons. The molecule has 2 saturated heterocycles. The molecule has 3 heterocycles. The topological polar surface area (TPSA) is 122 Å². The number of imide groups is 1. The van der Waals surface area contributed by atoms with Gasteiger partial charge < -0.3 is 11.1 Å². The zero-order valence-electron chi connectivity index (χ0n) is 16.4. The molecule has 0 unspecified atom stereocenters. The fraction of sp³-hybridized carbons (Fsp3) is 0.500. The summed E-state index contributed by atoms with van der Waals surface area (Å²) in [5.41, 5.74) is 4.25. The van der Waals surface area contributed by atoms with Gasteiger partial charge in [-0.2, -0.15) is 0 Å². The minimum atomic E-state index is -1.42. The van der Waals surface area contributed by atoms with E-state index >= 15 is 0 Å². The molecule has 0 bridgehead atoms. The van der Waals surface area contributed by atoms with Crippen LogP contribution in [-0.4, -0.2) is 40.1 Å². The van der Waals surface area contributed by atoms with Gasteiger partial charge in [-0.05, 0) is 45.4 Å². The second-order valence-electron chi connectivity index (χ2n) is 8.89. The van der Waals surface area contributed by atoms with Crippen molar-refractivity contribution >= 4 is 40.9 Å². The molecule has 0 aromatic heterocycles. The lowest BCUT2D eigenvalue weighted by atomic mass is 9.76. The van der Waals surface area contributed by atoms with Crippen LogP contribution in [0.25, 0.3) is 0 Å². The summed E-state index contributed by atoms with van der Waals surface area (Å²) in [6, 6.07) is 4.43. The minimum Gasteiger partial charge on any atom is -0.370 e. The molecule has 0 saturated carbocycles. The van der Waals surface area contributed by atoms with E-state index in [9.17, 15) is 19.2 Å². The molecule has 4 N–H and O–H groups in total. The zero-order valence-corrected chi connectivity index (χ0v) is 17.2. The predicted octanol–water partition coefficient (Wildman–Crippen LogP) is 1.12. The van der Waals surface area contributed by atoms with Crippen LogP contribution in [0.1, 0.15) is 39.2 Å². The van der Waals surface area contributed by atoms with Gasteiger partial charge in [0.05, 0.1) is 11.8 Å². The molecule has 1 aromatic rings. The molecular formula is C20H23ClN4O4. The first-order valence-corrected chi connectivity index (χ1v) is 9.91. The molecule has 4 rings (SSSR count). The fourth-order valence-corrected chi connectivity index (χ4v) is 5.15. The van der Waals surface area contributed by atoms with Gasteiger partial charge in [0.15, 0.2) is 0 Å². The summed E-state index contributed by atoms with van der Waals surface area (Å²) >= 11 is 6.19. The first-order chi connectivity index (χ1) is 13.5. The highest BCUT2D eigenvalue weighted by molar-refractivity contribution is 6.31. The second-order valence-corrected chi connectivity index (χ2v) is 9.33. The predicted molar refractivity (Wildman–Crippen MR) is 106 cm³/mol. The first-order valence-electron chi connectivity index (χ1n) is 9.54. The maximum absolute atomic E-state index is 13.5. The first kappa shape index (κ1) is 19.8. The maximum Gasteiger partial charge on any atom is 0.250 e. The molecule has 3 aliphatic rings. The van der Waals surface area contributed by atoms with Crippen molar-refractivity contribution in [2.75, 3.05) is 5.32 Å². The molecular weight excluding hydrogens is 396 g/mol. The van der Waals surface area contributed by atoms with Gasteiger partial charge >= 0.3 is 0 Å². The number of fused-ring (bicyclic) bond motifs is 4. The van der Waals surface area contributed by atoms with E-state index in [1.54, 1.807) is 39.0 Å². The van der Waals surface area contributed by atoms with Gasteiger partial charge in [0, 0.05) is 34.3 Å². The number of nitrogens with one attached hydrogen (secondary N) is 2. The zero-order chi connectivity index (χ0) is 21.3. The van der Waals surface area contributed by atoms with Crippen LogP contribution >= 0.6 is 11.6 Å². The number of hydrogen-bond acceptors (Lipinski definition) is 5. The number of benzene rings is 1. The Hall–Kier alpha value is -2.45. The van der Waals surface area contributed by atoms with E-state index in [-0.39, 0.29) is 18.7 Å². The van der Waals surface area contributed by atoms with Crippen molar-refractivity contribution in [3.05, 3.63) is 28.8 Å². The van der Waals surface area contributed by atoms with Crippen molar-refractivity contribution in [2.45, 2.75) is 50.7 Å². The summed E-state index contributed by atoms with van der Waals surface area (Å²) in [6.45, 7) is 5.34. The SMILES string of the molecule is CC(C)(C)N1C(=O)[C@H]2[C@@H](C1=O)[C@@]1(N[C@@H]2CCC(N)=O)C(=O)Nc2ccc(Cl)cc21. The molecule has 1 aromatic carbocycles. The van der Waals surface area contributed by atoms with Gasteiger partial charge in [-0.25, -0.2) is 0 Å². The number of amides is 4. The van der Waals surface area contributed by atoms with Crippen LogP contribution in [0.4, 0.5) is 5.69 Å². The van der Waals surface area contributed by atoms with E-state index in [0.717, 1.165) is 0 Å². The van der Waals surface area contributed by atoms with E-state index < -0.39 is 46.7 Å². The van der Waals surface area contributed by atoms with Crippen LogP contribution in [0.3, 0.4) is 0 Å². The average Bonchev–Trinajstić information content (AvgIpc) is 3.18. The number of nitrogens with two attached hydrogens (primary N) is 1. The van der Waals surface area contributed by atoms with Crippen LogP contribution in [0.15, 0.2) is 18.2 Å². The summed E-state index contributed by atoms with van der Waals surface area (Å²) in [4.78, 5) is 52.6. The molecule has 3 aliphatic heterocycles. The number of likely N-dealkylation sites (tertiary alicyclic amines) is 1. The highest BCUT2D eigenvalue weighted by Crippen LogP contribution is 2.54. The Morgan fingerprint density at radius 2 is 1.93 bits per heavy atom. The van der Waals surface area contributed by atoms with Crippen LogP contribution in [0, 0.1) is 11.8 Å². The number of rotatable bonds is 3. The Morgan fingerprint density at radius 1 is 1.24 bits per heavy atom. The molecule has 29 heavy (non-hydrogen) atoms. The number of halogens is 1. The summed E-state index contributed by atoms with van der Waals surface area (Å²) in [5, 5.41) is 6.47.